The number of carbonyl (C=O) groups excluding carboxylic acids is 1. The van der Waals surface area contributed by atoms with Crippen molar-refractivity contribution in [3.63, 3.8) is 0 Å². The van der Waals surface area contributed by atoms with Gasteiger partial charge in [0.05, 0.1) is 37.7 Å². The molecule has 8 atom stereocenters. The van der Waals surface area contributed by atoms with Gasteiger partial charge in [-0.15, -0.1) is 0 Å². The van der Waals surface area contributed by atoms with Crippen LogP contribution >= 0.6 is 43.5 Å². The molecule has 2 aromatic carbocycles. The molecule has 1 aliphatic heterocycles. The quantitative estimate of drug-likeness (QED) is 0.100. The Balaban J connectivity index is 0.000000189. The standard InChI is InChI=1S/C21H27ClN2O2.C21H32O3.C2H4Br2/c22-20-8-6-19(7-9-20)21(18-4-2-1-3-5-18)24-12-10-23(11-13-24)14-16-26-17-15-25;1-19-11-13(12-22)18(23)10-14(19)4-5-15-16(19)6-8-20(2)17(15)7-9-21(20,3)24;3-1-2-4/h1-9,21,25H,10-17H2;12,14-17,22,24H,4-11H2,1-3H3;1-2H2/b;13-12-;/t;14-,15+,16-,17-,19-,20-,21-;/m.0./s1. The predicted octanol–water partition coefficient (Wildman–Crippen LogP) is 9.23. The highest BCUT2D eigenvalue weighted by Crippen LogP contribution is 2.68. The molecule has 10 heteroatoms. The fourth-order valence-corrected chi connectivity index (χ4v) is 11.0. The summed E-state index contributed by atoms with van der Waals surface area (Å²) in [7, 11) is 0. The summed E-state index contributed by atoms with van der Waals surface area (Å²) in [4.78, 5) is 17.2. The number of rotatable bonds is 9. The van der Waals surface area contributed by atoms with Crippen molar-refractivity contribution in [3.8, 4) is 0 Å². The number of ether oxygens (including phenoxy) is 1. The molecular weight excluding hydrogens is 832 g/mol. The van der Waals surface area contributed by atoms with Crippen molar-refractivity contribution in [3.05, 3.63) is 82.6 Å². The van der Waals surface area contributed by atoms with Gasteiger partial charge < -0.3 is 20.1 Å². The molecule has 0 spiro atoms. The molecule has 0 amide bonds. The van der Waals surface area contributed by atoms with E-state index in [1.54, 1.807) is 0 Å². The van der Waals surface area contributed by atoms with Crippen LogP contribution in [0.3, 0.4) is 0 Å². The molecule has 1 saturated heterocycles. The van der Waals surface area contributed by atoms with Gasteiger partial charge in [-0.1, -0.05) is 99.8 Å². The molecule has 1 unspecified atom stereocenters. The van der Waals surface area contributed by atoms with E-state index in [0.29, 0.717) is 48.9 Å². The second-order valence-corrected chi connectivity index (χ2v) is 18.9. The van der Waals surface area contributed by atoms with Crippen LogP contribution in [0.4, 0.5) is 0 Å². The van der Waals surface area contributed by atoms with Crippen molar-refractivity contribution in [1.29, 1.82) is 0 Å². The Labute approximate surface area is 346 Å². The number of carbonyl (C=O) groups is 1. The predicted molar refractivity (Wildman–Crippen MR) is 227 cm³/mol. The second kappa shape index (κ2) is 19.9. The number of benzene rings is 2. The van der Waals surface area contributed by atoms with Crippen molar-refractivity contribution in [2.75, 3.05) is 63.2 Å². The minimum Gasteiger partial charge on any atom is -0.515 e. The number of aliphatic hydroxyl groups excluding tert-OH is 2. The number of hydrogen-bond donors (Lipinski definition) is 3. The van der Waals surface area contributed by atoms with Crippen molar-refractivity contribution in [2.24, 2.45) is 34.5 Å². The minimum atomic E-state index is -0.529. The number of piperazine rings is 1. The molecule has 54 heavy (non-hydrogen) atoms. The molecule has 3 N–H and O–H groups in total. The van der Waals surface area contributed by atoms with Crippen molar-refractivity contribution in [1.82, 2.24) is 9.80 Å². The van der Waals surface area contributed by atoms with Crippen LogP contribution in [0, 0.1) is 34.5 Å². The van der Waals surface area contributed by atoms with Gasteiger partial charge in [0, 0.05) is 60.4 Å². The van der Waals surface area contributed by atoms with Crippen LogP contribution in [0.1, 0.15) is 89.3 Å². The molecular formula is C44H63Br2ClN2O5. The first-order chi connectivity index (χ1) is 25.9. The van der Waals surface area contributed by atoms with E-state index in [-0.39, 0.29) is 29.3 Å². The summed E-state index contributed by atoms with van der Waals surface area (Å²) < 4.78 is 5.39. The Hall–Kier alpha value is -1.30. The van der Waals surface area contributed by atoms with E-state index in [1.807, 2.05) is 19.1 Å². The van der Waals surface area contributed by atoms with E-state index in [0.717, 1.165) is 93.2 Å². The molecule has 5 aliphatic rings. The number of hydrogen-bond acceptors (Lipinski definition) is 7. The fraction of sp³-hybridized carbons (Fsp3) is 0.659. The van der Waals surface area contributed by atoms with Crippen LogP contribution in [0.15, 0.2) is 66.4 Å². The van der Waals surface area contributed by atoms with Gasteiger partial charge in [0.15, 0.2) is 5.78 Å². The molecule has 4 aliphatic carbocycles. The number of allylic oxidation sites excluding steroid dienone is 1. The summed E-state index contributed by atoms with van der Waals surface area (Å²) in [5.74, 6) is 2.55. The van der Waals surface area contributed by atoms with Crippen LogP contribution in [0.2, 0.25) is 5.02 Å². The first-order valence-electron chi connectivity index (χ1n) is 20.1. The van der Waals surface area contributed by atoms with Crippen LogP contribution in [0.5, 0.6) is 0 Å². The first kappa shape index (κ1) is 43.8. The third-order valence-corrected chi connectivity index (χ3v) is 16.2. The molecule has 7 rings (SSSR count). The largest absolute Gasteiger partial charge is 0.515 e. The molecule has 0 aromatic heterocycles. The number of fused-ring (bicyclic) bond motifs is 5. The van der Waals surface area contributed by atoms with Gasteiger partial charge in [-0.3, -0.25) is 14.6 Å². The lowest BCUT2D eigenvalue weighted by atomic mass is 9.44. The third kappa shape index (κ3) is 9.86. The van der Waals surface area contributed by atoms with E-state index in [1.165, 1.54) is 17.5 Å². The van der Waals surface area contributed by atoms with Crippen molar-refractivity contribution in [2.45, 2.75) is 83.8 Å². The van der Waals surface area contributed by atoms with Crippen molar-refractivity contribution < 1.29 is 24.9 Å². The topological polar surface area (TPSA) is 93.5 Å². The Morgan fingerprint density at radius 1 is 0.889 bits per heavy atom. The lowest BCUT2D eigenvalue weighted by Gasteiger charge is -2.61. The summed E-state index contributed by atoms with van der Waals surface area (Å²) >= 11 is 12.5. The molecule has 5 fully saturated rings. The maximum Gasteiger partial charge on any atom is 0.162 e. The SMILES string of the molecule is BrCCBr.C[C@]12C/C(=C/O)C(=O)C[C@@H]1CC[C@@H]1[C@@H]2CC[C@@]2(C)[C@H]1CC[C@]2(C)O.OCCOCCN1CCN(C(c2ccccc2)c2ccc(Cl)cc2)CC1. The number of alkyl halides is 2. The molecule has 1 heterocycles. The maximum absolute atomic E-state index is 12.2. The molecule has 0 radical (unpaired) electrons. The number of halogens is 3. The van der Waals surface area contributed by atoms with E-state index in [4.69, 9.17) is 21.4 Å². The Morgan fingerprint density at radius 3 is 2.17 bits per heavy atom. The lowest BCUT2D eigenvalue weighted by molar-refractivity contribution is -0.147. The van der Waals surface area contributed by atoms with E-state index >= 15 is 0 Å². The normalized spacial score (nSPS) is 33.7. The Morgan fingerprint density at radius 2 is 1.54 bits per heavy atom. The monoisotopic (exact) mass is 892 g/mol. The van der Waals surface area contributed by atoms with Crippen molar-refractivity contribution >= 4 is 49.2 Å². The highest BCUT2D eigenvalue weighted by molar-refractivity contribution is 9.11. The van der Waals surface area contributed by atoms with Crippen LogP contribution in [-0.4, -0.2) is 99.7 Å². The minimum absolute atomic E-state index is 0.0531. The number of ketones is 1. The fourth-order valence-electron chi connectivity index (χ4n) is 10.9. The third-order valence-electron chi connectivity index (χ3n) is 14.1. The molecule has 2 aromatic rings. The average molecular weight is 895 g/mol. The zero-order chi connectivity index (χ0) is 38.9. The molecule has 4 saturated carbocycles. The zero-order valence-electron chi connectivity index (χ0n) is 32.6. The lowest BCUT2D eigenvalue weighted by Crippen LogP contribution is -2.56. The molecule has 0 bridgehead atoms. The van der Waals surface area contributed by atoms with E-state index in [2.05, 4.69) is 98.0 Å². The average Bonchev–Trinajstić information content (AvgIpc) is 3.43. The number of nitrogens with zero attached hydrogens (tertiary/aromatic N) is 2. The molecule has 300 valence electrons. The second-order valence-electron chi connectivity index (χ2n) is 16.8. The number of aliphatic hydroxyl groups is 3. The summed E-state index contributed by atoms with van der Waals surface area (Å²) in [5, 5.41) is 32.1. The van der Waals surface area contributed by atoms with Crippen LogP contribution in [0.25, 0.3) is 0 Å². The van der Waals surface area contributed by atoms with E-state index in [9.17, 15) is 15.0 Å². The van der Waals surface area contributed by atoms with Gasteiger partial charge >= 0.3 is 0 Å². The Kier molecular flexibility index (Phi) is 16.2. The highest BCUT2D eigenvalue weighted by atomic mass is 79.9. The maximum atomic E-state index is 12.2. The molecule has 7 nitrogen and oxygen atoms in total. The first-order valence-corrected chi connectivity index (χ1v) is 22.7. The summed E-state index contributed by atoms with van der Waals surface area (Å²) in [6.45, 7) is 12.9. The van der Waals surface area contributed by atoms with E-state index < -0.39 is 5.60 Å². The van der Waals surface area contributed by atoms with Gasteiger partial charge in [0.25, 0.3) is 0 Å². The van der Waals surface area contributed by atoms with Gasteiger partial charge in [-0.05, 0) is 110 Å². The zero-order valence-corrected chi connectivity index (χ0v) is 36.5. The van der Waals surface area contributed by atoms with Gasteiger partial charge in [-0.25, -0.2) is 0 Å². The van der Waals surface area contributed by atoms with Gasteiger partial charge in [-0.2, -0.15) is 0 Å². The number of Topliss-reactive ketones (excluding diaryl/α,β-unsaturated/α-hetero) is 1. The van der Waals surface area contributed by atoms with Gasteiger partial charge in [0.2, 0.25) is 0 Å². The van der Waals surface area contributed by atoms with Crippen LogP contribution in [-0.2, 0) is 9.53 Å². The summed E-state index contributed by atoms with van der Waals surface area (Å²) in [5.41, 5.74) is 2.90. The smallest absolute Gasteiger partial charge is 0.162 e. The summed E-state index contributed by atoms with van der Waals surface area (Å²) in [6, 6.07) is 19.1. The Bertz CT molecular complexity index is 1500. The van der Waals surface area contributed by atoms with Crippen LogP contribution < -0.4 is 0 Å². The summed E-state index contributed by atoms with van der Waals surface area (Å²) in [6.07, 6.45) is 9.11. The van der Waals surface area contributed by atoms with Gasteiger partial charge in [0.1, 0.15) is 0 Å². The highest BCUT2D eigenvalue weighted by Gasteiger charge is 2.63.